The van der Waals surface area contributed by atoms with Gasteiger partial charge in [0, 0.05) is 17.7 Å². The number of hydrogen-bond acceptors (Lipinski definition) is 5. The molecule has 0 radical (unpaired) electrons. The maximum Gasteiger partial charge on any atom is 0.285 e. The number of nitrogens with zero attached hydrogens (tertiary/aromatic N) is 2. The normalized spacial score (nSPS) is 19.2. The number of carbonyl (C=O) groups excluding carboxylic acids is 2. The van der Waals surface area contributed by atoms with Gasteiger partial charge in [0.1, 0.15) is 10.9 Å². The van der Waals surface area contributed by atoms with Crippen LogP contribution in [0.2, 0.25) is 0 Å². The summed E-state index contributed by atoms with van der Waals surface area (Å²) in [5.74, 6) is -0.540. The van der Waals surface area contributed by atoms with Gasteiger partial charge >= 0.3 is 0 Å². The molecule has 2 aromatic carbocycles. The van der Waals surface area contributed by atoms with Gasteiger partial charge in [-0.3, -0.25) is 20.4 Å². The number of fused-ring (bicyclic) bond motifs is 1. The molecular weight excluding hydrogens is 404 g/mol. The molecule has 1 fully saturated rings. The van der Waals surface area contributed by atoms with E-state index < -0.39 is 27.9 Å². The number of hydrogen-bond donors (Lipinski definition) is 2. The van der Waals surface area contributed by atoms with E-state index in [1.807, 2.05) is 19.1 Å². The highest BCUT2D eigenvalue weighted by Crippen LogP contribution is 2.31. The van der Waals surface area contributed by atoms with Crippen LogP contribution in [0.3, 0.4) is 0 Å². The number of benzene rings is 2. The standard InChI is InChI=1S/C21H22N4O4S/c1-2-14-9-11-15(12-10-14)20(26)22-23-21(27)17-7-5-13-25(17)19-16-6-3-4-8-18(16)30(28,29)24-19/h3-4,6,8-12,17H,2,5,7,13H2,1H3,(H,22,26)(H,23,27)/t17-/m0/s1. The van der Waals surface area contributed by atoms with Crippen molar-refractivity contribution < 1.29 is 18.0 Å². The molecule has 30 heavy (non-hydrogen) atoms. The molecule has 2 N–H and O–H groups in total. The number of amides is 2. The van der Waals surface area contributed by atoms with E-state index >= 15 is 0 Å². The summed E-state index contributed by atoms with van der Waals surface area (Å²) in [6, 6.07) is 13.1. The number of aryl methyl sites for hydroxylation is 1. The first kappa shape index (κ1) is 20.1. The summed E-state index contributed by atoms with van der Waals surface area (Å²) in [6.07, 6.45) is 2.12. The second-order valence-corrected chi connectivity index (χ2v) is 8.80. The Morgan fingerprint density at radius 1 is 1.10 bits per heavy atom. The smallest absolute Gasteiger partial charge is 0.285 e. The Morgan fingerprint density at radius 2 is 1.83 bits per heavy atom. The Kier molecular flexibility index (Phi) is 5.29. The molecule has 9 heteroatoms. The van der Waals surface area contributed by atoms with Crippen LogP contribution in [-0.4, -0.2) is 43.6 Å². The summed E-state index contributed by atoms with van der Waals surface area (Å²) in [7, 11) is -3.76. The third kappa shape index (κ3) is 3.68. The maximum atomic E-state index is 12.8. The van der Waals surface area contributed by atoms with E-state index in [9.17, 15) is 18.0 Å². The molecular formula is C21H22N4O4S. The molecule has 0 saturated carbocycles. The molecule has 0 spiro atoms. The fraction of sp³-hybridized carbons (Fsp3) is 0.286. The summed E-state index contributed by atoms with van der Waals surface area (Å²) >= 11 is 0. The summed E-state index contributed by atoms with van der Waals surface area (Å²) in [4.78, 5) is 26.9. The third-order valence-electron chi connectivity index (χ3n) is 5.36. The highest BCUT2D eigenvalue weighted by atomic mass is 32.2. The quantitative estimate of drug-likeness (QED) is 0.726. The predicted octanol–water partition coefficient (Wildman–Crippen LogP) is 1.62. The highest BCUT2D eigenvalue weighted by molar-refractivity contribution is 7.90. The number of hydrazine groups is 1. The lowest BCUT2D eigenvalue weighted by molar-refractivity contribution is -0.125. The van der Waals surface area contributed by atoms with Crippen molar-refractivity contribution in [2.24, 2.45) is 4.40 Å². The van der Waals surface area contributed by atoms with Gasteiger partial charge in [0.15, 0.2) is 5.84 Å². The number of likely N-dealkylation sites (tertiary alicyclic amines) is 1. The van der Waals surface area contributed by atoms with Crippen LogP contribution in [0.25, 0.3) is 0 Å². The van der Waals surface area contributed by atoms with Crippen LogP contribution >= 0.6 is 0 Å². The minimum atomic E-state index is -3.76. The molecule has 2 heterocycles. The van der Waals surface area contributed by atoms with Gasteiger partial charge in [-0.25, -0.2) is 0 Å². The topological polar surface area (TPSA) is 108 Å². The van der Waals surface area contributed by atoms with E-state index in [1.165, 1.54) is 6.07 Å². The van der Waals surface area contributed by atoms with Crippen LogP contribution in [0.5, 0.6) is 0 Å². The van der Waals surface area contributed by atoms with Crippen molar-refractivity contribution in [2.75, 3.05) is 6.54 Å². The fourth-order valence-electron chi connectivity index (χ4n) is 3.75. The van der Waals surface area contributed by atoms with Crippen molar-refractivity contribution in [1.82, 2.24) is 15.8 Å². The second kappa shape index (κ2) is 7.91. The first-order valence-corrected chi connectivity index (χ1v) is 11.2. The second-order valence-electron chi connectivity index (χ2n) is 7.23. The molecule has 4 rings (SSSR count). The number of carbonyl (C=O) groups is 2. The molecule has 1 saturated heterocycles. The Hall–Kier alpha value is -3.20. The molecule has 2 amide bonds. The molecule has 0 unspecified atom stereocenters. The van der Waals surface area contributed by atoms with Crippen LogP contribution in [0, 0.1) is 0 Å². The lowest BCUT2D eigenvalue weighted by Gasteiger charge is -2.25. The first-order chi connectivity index (χ1) is 14.4. The molecule has 156 valence electrons. The van der Waals surface area contributed by atoms with Crippen molar-refractivity contribution in [3.05, 3.63) is 65.2 Å². The largest absolute Gasteiger partial charge is 0.343 e. The fourth-order valence-corrected chi connectivity index (χ4v) is 4.97. The zero-order chi connectivity index (χ0) is 21.3. The molecule has 2 aliphatic heterocycles. The van der Waals surface area contributed by atoms with Gasteiger partial charge in [0.05, 0.1) is 0 Å². The average molecular weight is 426 g/mol. The van der Waals surface area contributed by atoms with Gasteiger partial charge in [0.25, 0.3) is 21.8 Å². The summed E-state index contributed by atoms with van der Waals surface area (Å²) in [5.41, 5.74) is 6.96. The van der Waals surface area contributed by atoms with E-state index in [-0.39, 0.29) is 10.7 Å². The number of nitrogens with one attached hydrogen (secondary N) is 2. The van der Waals surface area contributed by atoms with Crippen LogP contribution in [-0.2, 0) is 21.2 Å². The van der Waals surface area contributed by atoms with Crippen LogP contribution < -0.4 is 10.9 Å². The van der Waals surface area contributed by atoms with Crippen molar-refractivity contribution in [2.45, 2.75) is 37.1 Å². The van der Waals surface area contributed by atoms with Crippen molar-refractivity contribution >= 4 is 27.7 Å². The van der Waals surface area contributed by atoms with Crippen LogP contribution in [0.15, 0.2) is 57.8 Å². The summed E-state index contributed by atoms with van der Waals surface area (Å²) in [6.45, 7) is 2.54. The molecule has 0 bridgehead atoms. The zero-order valence-electron chi connectivity index (χ0n) is 16.5. The van der Waals surface area contributed by atoms with E-state index in [0.29, 0.717) is 30.5 Å². The van der Waals surface area contributed by atoms with E-state index in [4.69, 9.17) is 0 Å². The minimum absolute atomic E-state index is 0.148. The van der Waals surface area contributed by atoms with Gasteiger partial charge in [-0.05, 0) is 49.1 Å². The molecule has 0 aromatic heterocycles. The molecule has 8 nitrogen and oxygen atoms in total. The third-order valence-corrected chi connectivity index (χ3v) is 6.69. The van der Waals surface area contributed by atoms with E-state index in [2.05, 4.69) is 15.2 Å². The van der Waals surface area contributed by atoms with Gasteiger partial charge in [-0.2, -0.15) is 8.42 Å². The van der Waals surface area contributed by atoms with Crippen molar-refractivity contribution in [3.63, 3.8) is 0 Å². The van der Waals surface area contributed by atoms with Crippen LogP contribution in [0.1, 0.15) is 41.3 Å². The Morgan fingerprint density at radius 3 is 2.57 bits per heavy atom. The van der Waals surface area contributed by atoms with Gasteiger partial charge in [0.2, 0.25) is 0 Å². The average Bonchev–Trinajstić information content (AvgIpc) is 3.35. The Balaban J connectivity index is 1.46. The summed E-state index contributed by atoms with van der Waals surface area (Å²) < 4.78 is 28.6. The van der Waals surface area contributed by atoms with Crippen molar-refractivity contribution in [1.29, 1.82) is 0 Å². The van der Waals surface area contributed by atoms with Gasteiger partial charge in [-0.15, -0.1) is 4.40 Å². The number of sulfonamides is 1. The molecule has 2 aromatic rings. The van der Waals surface area contributed by atoms with Crippen LogP contribution in [0.4, 0.5) is 0 Å². The lowest BCUT2D eigenvalue weighted by Crippen LogP contribution is -2.51. The van der Waals surface area contributed by atoms with E-state index in [1.54, 1.807) is 35.2 Å². The predicted molar refractivity (Wildman–Crippen MR) is 111 cm³/mol. The van der Waals surface area contributed by atoms with E-state index in [0.717, 1.165) is 12.0 Å². The maximum absolute atomic E-state index is 12.8. The summed E-state index contributed by atoms with van der Waals surface area (Å²) in [5, 5.41) is 0. The molecule has 1 atom stereocenters. The first-order valence-electron chi connectivity index (χ1n) is 9.81. The lowest BCUT2D eigenvalue weighted by atomic mass is 10.1. The van der Waals surface area contributed by atoms with Gasteiger partial charge < -0.3 is 4.90 Å². The van der Waals surface area contributed by atoms with Gasteiger partial charge in [-0.1, -0.05) is 31.2 Å². The number of rotatable bonds is 3. The monoisotopic (exact) mass is 426 g/mol. The number of amidine groups is 1. The zero-order valence-corrected chi connectivity index (χ0v) is 17.3. The van der Waals surface area contributed by atoms with Crippen molar-refractivity contribution in [3.8, 4) is 0 Å². The molecule has 0 aliphatic carbocycles. The molecule has 2 aliphatic rings. The minimum Gasteiger partial charge on any atom is -0.343 e. The Labute approximate surface area is 175 Å². The highest BCUT2D eigenvalue weighted by Gasteiger charge is 2.39. The Bertz CT molecular complexity index is 1130. The SMILES string of the molecule is CCc1ccc(C(=O)NNC(=O)[C@@H]2CCCN2C2=NS(=O)(=O)c3ccccc32)cc1.